The molecule has 2 saturated heterocycles. The molecule has 0 aliphatic carbocycles. The number of amides is 4. The highest BCUT2D eigenvalue weighted by Gasteiger charge is 2.50. The molecule has 4 amide bonds. The topological polar surface area (TPSA) is 76.2 Å². The Morgan fingerprint density at radius 1 is 1.12 bits per heavy atom. The van der Waals surface area contributed by atoms with Crippen molar-refractivity contribution >= 4 is 17.8 Å². The van der Waals surface area contributed by atoms with Crippen molar-refractivity contribution in [3.63, 3.8) is 0 Å². The third-order valence-corrected chi connectivity index (χ3v) is 7.02. The highest BCUT2D eigenvalue weighted by Crippen LogP contribution is 2.29. The Morgan fingerprint density at radius 3 is 2.50 bits per heavy atom. The summed E-state index contributed by atoms with van der Waals surface area (Å²) >= 11 is 0. The molecule has 188 valence electrons. The Balaban J connectivity index is 1.83. The van der Waals surface area contributed by atoms with E-state index in [1.165, 1.54) is 0 Å². The van der Waals surface area contributed by atoms with Crippen LogP contribution in [0.1, 0.15) is 64.9 Å². The number of hydrogen-bond donors (Lipinski definition) is 1. The van der Waals surface area contributed by atoms with Crippen molar-refractivity contribution in [1.29, 1.82) is 0 Å². The molecule has 0 spiro atoms. The number of hydrogen-bond acceptors (Lipinski definition) is 4. The molecule has 3 atom stereocenters. The molecule has 0 bridgehead atoms. The fourth-order valence-corrected chi connectivity index (χ4v) is 5.10. The minimum Gasteiger partial charge on any atom is -0.337 e. The van der Waals surface area contributed by atoms with E-state index in [1.54, 1.807) is 22.0 Å². The summed E-state index contributed by atoms with van der Waals surface area (Å²) < 4.78 is 0. The number of urea groups is 1. The SMILES string of the molecule is CCCCC(CC)CN1C[C@H]2N(C(=O)CN(C)N2C(=O)NCc2ccccc2)[C@@H](CCC)C1=O. The van der Waals surface area contributed by atoms with Gasteiger partial charge in [-0.3, -0.25) is 9.59 Å². The van der Waals surface area contributed by atoms with E-state index in [-0.39, 0.29) is 24.4 Å². The Bertz CT molecular complexity index is 833. The average molecular weight is 472 g/mol. The zero-order chi connectivity index (χ0) is 24.7. The number of likely N-dealkylation sites (N-methyl/N-ethyl adjacent to an activating group) is 1. The van der Waals surface area contributed by atoms with Crippen LogP contribution >= 0.6 is 0 Å². The van der Waals surface area contributed by atoms with E-state index in [0.717, 1.165) is 37.7 Å². The number of unbranched alkanes of at least 4 members (excludes halogenated alkanes) is 1. The highest BCUT2D eigenvalue weighted by molar-refractivity contribution is 5.91. The van der Waals surface area contributed by atoms with Gasteiger partial charge in [-0.15, -0.1) is 0 Å². The van der Waals surface area contributed by atoms with Crippen molar-refractivity contribution in [3.8, 4) is 0 Å². The second kappa shape index (κ2) is 12.2. The second-order valence-electron chi connectivity index (χ2n) is 9.55. The molecule has 1 unspecified atom stereocenters. The van der Waals surface area contributed by atoms with Crippen molar-refractivity contribution < 1.29 is 14.4 Å². The minimum absolute atomic E-state index is 0.0237. The van der Waals surface area contributed by atoms with Gasteiger partial charge in [0.05, 0.1) is 13.1 Å². The number of benzene rings is 1. The molecule has 8 heteroatoms. The van der Waals surface area contributed by atoms with Gasteiger partial charge < -0.3 is 15.1 Å². The molecule has 3 rings (SSSR count). The Morgan fingerprint density at radius 2 is 1.85 bits per heavy atom. The third-order valence-electron chi connectivity index (χ3n) is 7.02. The molecular formula is C26H41N5O3. The molecule has 2 aliphatic heterocycles. The van der Waals surface area contributed by atoms with Crippen LogP contribution in [-0.4, -0.2) is 76.6 Å². The molecular weight excluding hydrogens is 430 g/mol. The monoisotopic (exact) mass is 471 g/mol. The standard InChI is InChI=1S/C26H41N5O3/c1-5-8-13-20(7-3)17-29-18-23-30(22(12-6-2)25(29)33)24(32)19-28(4)31(23)26(34)27-16-21-14-10-9-11-15-21/h9-11,14-15,20,22-23H,5-8,12-13,16-19H2,1-4H3,(H,27,34)/t20?,22-,23-/m0/s1. The summed E-state index contributed by atoms with van der Waals surface area (Å²) in [5.41, 5.74) is 1.01. The van der Waals surface area contributed by atoms with Gasteiger partial charge in [-0.25, -0.2) is 14.8 Å². The Hall–Kier alpha value is -2.61. The Labute approximate surface area is 204 Å². The third kappa shape index (κ3) is 5.90. The van der Waals surface area contributed by atoms with Gasteiger partial charge in [0.2, 0.25) is 11.8 Å². The van der Waals surface area contributed by atoms with E-state index >= 15 is 0 Å². The lowest BCUT2D eigenvalue weighted by Crippen LogP contribution is -2.76. The second-order valence-corrected chi connectivity index (χ2v) is 9.55. The van der Waals surface area contributed by atoms with Crippen LogP contribution in [0.4, 0.5) is 4.79 Å². The number of carbonyl (C=O) groups is 3. The van der Waals surface area contributed by atoms with Gasteiger partial charge in [0.25, 0.3) is 0 Å². The first-order chi connectivity index (χ1) is 16.4. The predicted octanol–water partition coefficient (Wildman–Crippen LogP) is 3.44. The number of rotatable bonds is 10. The molecule has 0 aromatic heterocycles. The minimum atomic E-state index is -0.516. The van der Waals surface area contributed by atoms with Crippen LogP contribution < -0.4 is 5.32 Å². The average Bonchev–Trinajstić information content (AvgIpc) is 2.83. The lowest BCUT2D eigenvalue weighted by Gasteiger charge is -2.54. The summed E-state index contributed by atoms with van der Waals surface area (Å²) in [6.07, 6.45) is 5.27. The van der Waals surface area contributed by atoms with Gasteiger partial charge in [-0.2, -0.15) is 0 Å². The summed E-state index contributed by atoms with van der Waals surface area (Å²) in [7, 11) is 1.77. The Kier molecular flexibility index (Phi) is 9.33. The number of fused-ring (bicyclic) bond motifs is 1. The first kappa shape index (κ1) is 26.0. The predicted molar refractivity (Wildman–Crippen MR) is 132 cm³/mol. The normalized spacial score (nSPS) is 22.1. The summed E-state index contributed by atoms with van der Waals surface area (Å²) in [6.45, 7) is 7.89. The van der Waals surface area contributed by atoms with Gasteiger partial charge in [-0.05, 0) is 24.3 Å². The number of hydrazine groups is 1. The lowest BCUT2D eigenvalue weighted by atomic mass is 9.96. The first-order valence-electron chi connectivity index (χ1n) is 12.8. The molecule has 34 heavy (non-hydrogen) atoms. The van der Waals surface area contributed by atoms with E-state index < -0.39 is 12.2 Å². The van der Waals surface area contributed by atoms with Crippen LogP contribution in [0.2, 0.25) is 0 Å². The molecule has 2 aliphatic rings. The van der Waals surface area contributed by atoms with E-state index in [9.17, 15) is 14.4 Å². The van der Waals surface area contributed by atoms with Crippen LogP contribution in [0, 0.1) is 5.92 Å². The summed E-state index contributed by atoms with van der Waals surface area (Å²) in [4.78, 5) is 43.5. The van der Waals surface area contributed by atoms with Crippen molar-refractivity contribution in [2.45, 2.75) is 78.0 Å². The van der Waals surface area contributed by atoms with Crippen molar-refractivity contribution in [2.75, 3.05) is 26.7 Å². The van der Waals surface area contributed by atoms with Crippen molar-refractivity contribution in [2.24, 2.45) is 5.92 Å². The van der Waals surface area contributed by atoms with Crippen molar-refractivity contribution in [3.05, 3.63) is 35.9 Å². The molecule has 0 saturated carbocycles. The fourth-order valence-electron chi connectivity index (χ4n) is 5.10. The highest BCUT2D eigenvalue weighted by atomic mass is 16.2. The molecule has 0 radical (unpaired) electrons. The maximum Gasteiger partial charge on any atom is 0.334 e. The molecule has 1 aromatic rings. The van der Waals surface area contributed by atoms with E-state index in [4.69, 9.17) is 0 Å². The zero-order valence-electron chi connectivity index (χ0n) is 21.2. The summed E-state index contributed by atoms with van der Waals surface area (Å²) in [6, 6.07) is 8.99. The fraction of sp³-hybridized carbons (Fsp3) is 0.654. The number of nitrogens with zero attached hydrogens (tertiary/aromatic N) is 4. The van der Waals surface area contributed by atoms with Crippen LogP contribution in [0.5, 0.6) is 0 Å². The smallest absolute Gasteiger partial charge is 0.334 e. The molecule has 8 nitrogen and oxygen atoms in total. The number of piperazine rings is 1. The van der Waals surface area contributed by atoms with Crippen LogP contribution in [-0.2, 0) is 16.1 Å². The van der Waals surface area contributed by atoms with Crippen LogP contribution in [0.25, 0.3) is 0 Å². The van der Waals surface area contributed by atoms with Gasteiger partial charge >= 0.3 is 6.03 Å². The molecule has 2 fully saturated rings. The van der Waals surface area contributed by atoms with Crippen LogP contribution in [0.3, 0.4) is 0 Å². The molecule has 1 N–H and O–H groups in total. The maximum absolute atomic E-state index is 13.5. The maximum atomic E-state index is 13.5. The summed E-state index contributed by atoms with van der Waals surface area (Å²) in [5, 5.41) is 6.33. The van der Waals surface area contributed by atoms with Crippen LogP contribution in [0.15, 0.2) is 30.3 Å². The largest absolute Gasteiger partial charge is 0.337 e. The quantitative estimate of drug-likeness (QED) is 0.567. The summed E-state index contributed by atoms with van der Waals surface area (Å²) in [5.74, 6) is 0.356. The zero-order valence-corrected chi connectivity index (χ0v) is 21.2. The molecule has 2 heterocycles. The lowest BCUT2D eigenvalue weighted by molar-refractivity contribution is -0.188. The van der Waals surface area contributed by atoms with Gasteiger partial charge in [0.1, 0.15) is 12.2 Å². The van der Waals surface area contributed by atoms with E-state index in [0.29, 0.717) is 32.0 Å². The number of carbonyl (C=O) groups excluding carboxylic acids is 3. The van der Waals surface area contributed by atoms with Gasteiger partial charge in [-0.1, -0.05) is 76.8 Å². The van der Waals surface area contributed by atoms with Crippen molar-refractivity contribution in [1.82, 2.24) is 25.1 Å². The van der Waals surface area contributed by atoms with E-state index in [1.807, 2.05) is 42.2 Å². The van der Waals surface area contributed by atoms with E-state index in [2.05, 4.69) is 19.2 Å². The van der Waals surface area contributed by atoms with Gasteiger partial charge in [0.15, 0.2) is 0 Å². The number of nitrogens with one attached hydrogen (secondary N) is 1. The van der Waals surface area contributed by atoms with Gasteiger partial charge in [0, 0.05) is 20.1 Å². The first-order valence-corrected chi connectivity index (χ1v) is 12.8. The molecule has 1 aromatic carbocycles.